The molecule has 1 atom stereocenters. The smallest absolute Gasteiger partial charge is 0.272 e. The van der Waals surface area contributed by atoms with Gasteiger partial charge in [0, 0.05) is 26.9 Å². The number of carbonyl (C=O) groups is 3. The summed E-state index contributed by atoms with van der Waals surface area (Å²) in [7, 11) is 0. The number of para-hydroxylation sites is 1. The van der Waals surface area contributed by atoms with Crippen molar-refractivity contribution in [3.63, 3.8) is 0 Å². The van der Waals surface area contributed by atoms with Crippen LogP contribution in [-0.2, 0) is 16.0 Å². The molecule has 0 aliphatic heterocycles. The number of halogens is 1. The van der Waals surface area contributed by atoms with Gasteiger partial charge >= 0.3 is 0 Å². The van der Waals surface area contributed by atoms with Crippen LogP contribution in [0.2, 0.25) is 5.02 Å². The van der Waals surface area contributed by atoms with Gasteiger partial charge in [-0.1, -0.05) is 103 Å². The number of anilines is 2. The van der Waals surface area contributed by atoms with E-state index in [1.54, 1.807) is 60.7 Å². The van der Waals surface area contributed by atoms with Crippen LogP contribution in [-0.4, -0.2) is 17.7 Å². The van der Waals surface area contributed by atoms with Gasteiger partial charge in [0.1, 0.15) is 10.9 Å². The number of hydrogen-bond acceptors (Lipinski definition) is 4. The fraction of sp³-hybridized carbons (Fsp3) is 0.103. The minimum atomic E-state index is -0.560. The number of nitrogens with one attached hydrogen (secondary N) is 3. The van der Waals surface area contributed by atoms with Gasteiger partial charge in [0.25, 0.3) is 11.8 Å². The Balaban J connectivity index is 1.39. The Morgan fingerprint density at radius 3 is 2.21 bits per heavy atom. The summed E-state index contributed by atoms with van der Waals surface area (Å²) in [5.41, 5.74) is 5.37. The molecule has 3 N–H and O–H groups in total. The van der Waals surface area contributed by atoms with Crippen molar-refractivity contribution in [2.75, 3.05) is 10.6 Å². The van der Waals surface area contributed by atoms with E-state index in [0.717, 1.165) is 33.7 Å². The Labute approximate surface area is 284 Å². The number of amides is 3. The average molecular weight is 660 g/mol. The number of carbonyl (C=O) groups excluding carboxylic acids is 3. The lowest BCUT2D eigenvalue weighted by atomic mass is 10.1. The van der Waals surface area contributed by atoms with Crippen molar-refractivity contribution in [2.24, 2.45) is 0 Å². The van der Waals surface area contributed by atoms with Gasteiger partial charge in [0.15, 0.2) is 0 Å². The Kier molecular flexibility index (Phi) is 11.3. The topological polar surface area (TPSA) is 87.3 Å². The van der Waals surface area contributed by atoms with E-state index in [0.29, 0.717) is 21.8 Å². The van der Waals surface area contributed by atoms with Crippen molar-refractivity contribution in [3.8, 4) is 0 Å². The molecule has 0 aliphatic carbocycles. The quantitative estimate of drug-likeness (QED) is 0.0975. The first-order valence-corrected chi connectivity index (χ1v) is 16.4. The zero-order valence-electron chi connectivity index (χ0n) is 26.0. The van der Waals surface area contributed by atoms with Crippen LogP contribution >= 0.6 is 23.4 Å². The van der Waals surface area contributed by atoms with Gasteiger partial charge in [-0.3, -0.25) is 14.4 Å². The van der Waals surface area contributed by atoms with Crippen LogP contribution in [0.1, 0.15) is 44.8 Å². The molecule has 0 fully saturated rings. The second-order valence-electron chi connectivity index (χ2n) is 10.8. The van der Waals surface area contributed by atoms with E-state index >= 15 is 0 Å². The maximum absolute atomic E-state index is 13.8. The molecule has 0 bridgehead atoms. The normalized spacial score (nSPS) is 11.8. The monoisotopic (exact) mass is 659 g/mol. The molecule has 0 spiro atoms. The SMILES string of the molecule is CCc1cccc(C)c1NC(=O)C(Sc1cccc(NC(=O)/C(=C/c2cccc(Cl)c2)NC(=O)c2ccccc2)c1)c1ccccc1. The van der Waals surface area contributed by atoms with Crippen molar-refractivity contribution in [1.82, 2.24) is 5.32 Å². The summed E-state index contributed by atoms with van der Waals surface area (Å²) in [6, 6.07) is 38.6. The van der Waals surface area contributed by atoms with Crippen molar-refractivity contribution in [3.05, 3.63) is 166 Å². The standard InChI is InChI=1S/C39H34ClN3O3S/c1-3-28-19-10-13-26(2)35(28)43-39(46)36(29-15-6-4-7-16-29)47-33-22-12-21-32(25-33)41-38(45)34(24-27-14-11-20-31(40)23-27)42-37(44)30-17-8-5-9-18-30/h4-25,36H,3H2,1-2H3,(H,41,45)(H,42,44)(H,43,46)/b34-24-. The molecule has 8 heteroatoms. The molecular formula is C39H34ClN3O3S. The van der Waals surface area contributed by atoms with Crippen LogP contribution < -0.4 is 16.0 Å². The van der Waals surface area contributed by atoms with Crippen molar-refractivity contribution in [1.29, 1.82) is 0 Å². The highest BCUT2D eigenvalue weighted by atomic mass is 35.5. The molecule has 5 aromatic carbocycles. The van der Waals surface area contributed by atoms with Crippen LogP contribution in [0.5, 0.6) is 0 Å². The number of benzene rings is 5. The highest BCUT2D eigenvalue weighted by Gasteiger charge is 2.24. The van der Waals surface area contributed by atoms with Gasteiger partial charge in [0.05, 0.1) is 0 Å². The fourth-order valence-electron chi connectivity index (χ4n) is 4.98. The van der Waals surface area contributed by atoms with Gasteiger partial charge in [-0.2, -0.15) is 0 Å². The first-order chi connectivity index (χ1) is 22.8. The lowest BCUT2D eigenvalue weighted by Crippen LogP contribution is -2.30. The van der Waals surface area contributed by atoms with Gasteiger partial charge in [-0.25, -0.2) is 0 Å². The summed E-state index contributed by atoms with van der Waals surface area (Å²) in [6.45, 7) is 4.05. The Bertz CT molecular complexity index is 1910. The molecule has 47 heavy (non-hydrogen) atoms. The summed E-state index contributed by atoms with van der Waals surface area (Å²) in [6.07, 6.45) is 2.37. The van der Waals surface area contributed by atoms with E-state index in [9.17, 15) is 14.4 Å². The van der Waals surface area contributed by atoms with Crippen LogP contribution in [0.3, 0.4) is 0 Å². The molecule has 236 valence electrons. The number of rotatable bonds is 11. The van der Waals surface area contributed by atoms with E-state index in [1.807, 2.05) is 79.7 Å². The third kappa shape index (κ3) is 9.00. The zero-order valence-corrected chi connectivity index (χ0v) is 27.6. The molecular weight excluding hydrogens is 626 g/mol. The van der Waals surface area contributed by atoms with Crippen molar-refractivity contribution in [2.45, 2.75) is 30.4 Å². The van der Waals surface area contributed by atoms with E-state index < -0.39 is 17.1 Å². The van der Waals surface area contributed by atoms with Gasteiger partial charge in [-0.15, -0.1) is 11.8 Å². The van der Waals surface area contributed by atoms with E-state index in [-0.39, 0.29) is 11.6 Å². The number of aryl methyl sites for hydroxylation is 2. The molecule has 0 saturated carbocycles. The summed E-state index contributed by atoms with van der Waals surface area (Å²) in [5.74, 6) is -1.08. The summed E-state index contributed by atoms with van der Waals surface area (Å²) in [4.78, 5) is 41.3. The largest absolute Gasteiger partial charge is 0.324 e. The maximum Gasteiger partial charge on any atom is 0.272 e. The molecule has 0 heterocycles. The minimum absolute atomic E-state index is 0.0469. The van der Waals surface area contributed by atoms with Gasteiger partial charge in [0.2, 0.25) is 5.91 Å². The maximum atomic E-state index is 13.8. The molecule has 0 aliphatic rings. The molecule has 6 nitrogen and oxygen atoms in total. The van der Waals surface area contributed by atoms with Crippen molar-refractivity contribution < 1.29 is 14.4 Å². The number of hydrogen-bond donors (Lipinski definition) is 3. The predicted octanol–water partition coefficient (Wildman–Crippen LogP) is 9.09. The highest BCUT2D eigenvalue weighted by molar-refractivity contribution is 8.00. The lowest BCUT2D eigenvalue weighted by Gasteiger charge is -2.20. The average Bonchev–Trinajstić information content (AvgIpc) is 3.08. The van der Waals surface area contributed by atoms with Crippen LogP contribution in [0.25, 0.3) is 6.08 Å². The minimum Gasteiger partial charge on any atom is -0.324 e. The molecule has 1 unspecified atom stereocenters. The fourth-order valence-corrected chi connectivity index (χ4v) is 6.26. The second-order valence-corrected chi connectivity index (χ2v) is 12.4. The lowest BCUT2D eigenvalue weighted by molar-refractivity contribution is -0.116. The molecule has 0 saturated heterocycles. The van der Waals surface area contributed by atoms with Crippen LogP contribution in [0.15, 0.2) is 138 Å². The van der Waals surface area contributed by atoms with E-state index in [4.69, 9.17) is 11.6 Å². The summed E-state index contributed by atoms with van der Waals surface area (Å²) >= 11 is 7.57. The number of thioether (sulfide) groups is 1. The Hall–Kier alpha value is -5.11. The molecule has 3 amide bonds. The van der Waals surface area contributed by atoms with Gasteiger partial charge < -0.3 is 16.0 Å². The Morgan fingerprint density at radius 1 is 0.787 bits per heavy atom. The Morgan fingerprint density at radius 2 is 1.49 bits per heavy atom. The summed E-state index contributed by atoms with van der Waals surface area (Å²) in [5, 5.41) is 8.79. The predicted molar refractivity (Wildman–Crippen MR) is 193 cm³/mol. The first kappa shape index (κ1) is 33.3. The third-order valence-electron chi connectivity index (χ3n) is 7.36. The molecule has 0 aromatic heterocycles. The van der Waals surface area contributed by atoms with E-state index in [1.165, 1.54) is 11.8 Å². The first-order valence-electron chi connectivity index (χ1n) is 15.2. The molecule has 0 radical (unpaired) electrons. The zero-order chi connectivity index (χ0) is 33.2. The second kappa shape index (κ2) is 15.9. The highest BCUT2D eigenvalue weighted by Crippen LogP contribution is 2.38. The van der Waals surface area contributed by atoms with E-state index in [2.05, 4.69) is 22.9 Å². The van der Waals surface area contributed by atoms with Crippen LogP contribution in [0.4, 0.5) is 11.4 Å². The molecule has 5 aromatic rings. The van der Waals surface area contributed by atoms with Gasteiger partial charge in [-0.05, 0) is 84.1 Å². The van der Waals surface area contributed by atoms with Crippen LogP contribution in [0, 0.1) is 6.92 Å². The third-order valence-corrected chi connectivity index (χ3v) is 8.85. The van der Waals surface area contributed by atoms with Crippen molar-refractivity contribution >= 4 is 58.5 Å². The molecule has 5 rings (SSSR count). The summed E-state index contributed by atoms with van der Waals surface area (Å²) < 4.78 is 0.